The molecular weight excluding hydrogens is 462 g/mol. The highest BCUT2D eigenvalue weighted by Gasteiger charge is 2.29. The van der Waals surface area contributed by atoms with Crippen LogP contribution in [0.3, 0.4) is 0 Å². The summed E-state index contributed by atoms with van der Waals surface area (Å²) in [6.45, 7) is 3.69. The molecule has 0 spiro atoms. The summed E-state index contributed by atoms with van der Waals surface area (Å²) in [5.41, 5.74) is 8.11. The van der Waals surface area contributed by atoms with Crippen LogP contribution >= 0.6 is 0 Å². The molecule has 1 aliphatic heterocycles. The summed E-state index contributed by atoms with van der Waals surface area (Å²) < 4.78 is 14.7. The van der Waals surface area contributed by atoms with Crippen LogP contribution in [0.5, 0.6) is 0 Å². The van der Waals surface area contributed by atoms with Crippen molar-refractivity contribution in [2.24, 2.45) is 5.73 Å². The largest absolute Gasteiger partial charge is 0.444 e. The number of nitrogens with two attached hydrogens (primary N) is 1. The maximum absolute atomic E-state index is 11.4. The quantitative estimate of drug-likeness (QED) is 0.430. The molecule has 4 aromatic heterocycles. The smallest absolute Gasteiger partial charge is 0.270 e. The van der Waals surface area contributed by atoms with Crippen molar-refractivity contribution >= 4 is 5.91 Å². The number of ether oxygens (including phenoxy) is 1. The zero-order chi connectivity index (χ0) is 24.5. The minimum Gasteiger partial charge on any atom is -0.444 e. The Labute approximate surface area is 207 Å². The lowest BCUT2D eigenvalue weighted by Crippen LogP contribution is -2.45. The standard InChI is InChI=1S/C24H27N9O3/c25-23(34)20-15-36-24(29-20)16-11-28-33(13-16)21-14-32(30-22(21)19-12-26-5-6-27-19)18-3-1-17(2-4-18)31-7-9-35-10-8-31/h5-6,11-15,17-18H,1-4,7-10H2,(H2,25,34). The van der Waals surface area contributed by atoms with Crippen molar-refractivity contribution in [2.75, 3.05) is 26.3 Å². The van der Waals surface area contributed by atoms with E-state index in [1.54, 1.807) is 35.7 Å². The first-order valence-corrected chi connectivity index (χ1v) is 12.1. The molecule has 2 fully saturated rings. The molecule has 6 rings (SSSR count). The summed E-state index contributed by atoms with van der Waals surface area (Å²) in [5, 5.41) is 9.46. The van der Waals surface area contributed by atoms with E-state index in [1.807, 2.05) is 10.9 Å². The molecule has 0 atom stereocenters. The van der Waals surface area contributed by atoms with Crippen LogP contribution in [0.25, 0.3) is 28.5 Å². The molecule has 12 nitrogen and oxygen atoms in total. The van der Waals surface area contributed by atoms with Crippen molar-refractivity contribution in [1.29, 1.82) is 0 Å². The van der Waals surface area contributed by atoms with E-state index in [0.717, 1.165) is 57.7 Å². The summed E-state index contributed by atoms with van der Waals surface area (Å²) >= 11 is 0. The Morgan fingerprint density at radius 3 is 2.56 bits per heavy atom. The van der Waals surface area contributed by atoms with Crippen LogP contribution in [0.2, 0.25) is 0 Å². The van der Waals surface area contributed by atoms with E-state index in [-0.39, 0.29) is 11.6 Å². The maximum Gasteiger partial charge on any atom is 0.270 e. The molecule has 0 unspecified atom stereocenters. The summed E-state index contributed by atoms with van der Waals surface area (Å²) in [4.78, 5) is 26.8. The minimum atomic E-state index is -0.646. The fourth-order valence-corrected chi connectivity index (χ4v) is 5.06. The second kappa shape index (κ2) is 9.63. The number of amides is 1. The molecule has 0 bridgehead atoms. The molecule has 4 aromatic rings. The van der Waals surface area contributed by atoms with Crippen LogP contribution in [0.15, 0.2) is 47.9 Å². The Kier molecular flexibility index (Phi) is 6.03. The molecule has 12 heteroatoms. The monoisotopic (exact) mass is 489 g/mol. The highest BCUT2D eigenvalue weighted by molar-refractivity contribution is 5.90. The van der Waals surface area contributed by atoms with E-state index in [1.165, 1.54) is 6.26 Å². The molecule has 36 heavy (non-hydrogen) atoms. The van der Waals surface area contributed by atoms with Crippen molar-refractivity contribution in [1.82, 2.24) is 39.4 Å². The van der Waals surface area contributed by atoms with Gasteiger partial charge in [0, 0.05) is 37.7 Å². The van der Waals surface area contributed by atoms with Crippen LogP contribution in [0.4, 0.5) is 0 Å². The molecule has 2 N–H and O–H groups in total. The molecule has 5 heterocycles. The minimum absolute atomic E-state index is 0.0681. The Bertz CT molecular complexity index is 1330. The normalized spacial score (nSPS) is 21.0. The van der Waals surface area contributed by atoms with Crippen LogP contribution in [-0.4, -0.2) is 77.7 Å². The third-order valence-corrected chi connectivity index (χ3v) is 6.95. The Morgan fingerprint density at radius 1 is 1.03 bits per heavy atom. The zero-order valence-electron chi connectivity index (χ0n) is 19.7. The van der Waals surface area contributed by atoms with Gasteiger partial charge in [0.05, 0.1) is 43.4 Å². The SMILES string of the molecule is NC(=O)c1coc(-c2cnn(-c3cn(C4CCC(N5CCOCC5)CC4)nc3-c3cnccn3)c2)n1. The molecule has 0 aromatic carbocycles. The molecule has 1 amide bonds. The lowest BCUT2D eigenvalue weighted by atomic mass is 9.90. The molecule has 1 saturated heterocycles. The van der Waals surface area contributed by atoms with Gasteiger partial charge in [0.25, 0.3) is 5.91 Å². The molecular formula is C24H27N9O3. The molecule has 1 aliphatic carbocycles. The first kappa shape index (κ1) is 22.6. The van der Waals surface area contributed by atoms with Crippen LogP contribution in [0, 0.1) is 0 Å². The van der Waals surface area contributed by atoms with Gasteiger partial charge in [-0.2, -0.15) is 10.2 Å². The number of primary amides is 1. The number of hydrogen-bond acceptors (Lipinski definition) is 9. The van der Waals surface area contributed by atoms with Gasteiger partial charge < -0.3 is 14.9 Å². The Hall–Kier alpha value is -3.90. The van der Waals surface area contributed by atoms with Gasteiger partial charge >= 0.3 is 0 Å². The van der Waals surface area contributed by atoms with Crippen molar-refractivity contribution < 1.29 is 13.9 Å². The van der Waals surface area contributed by atoms with Crippen molar-refractivity contribution in [2.45, 2.75) is 37.8 Å². The van der Waals surface area contributed by atoms with Gasteiger partial charge in [-0.1, -0.05) is 0 Å². The van der Waals surface area contributed by atoms with Crippen LogP contribution in [0.1, 0.15) is 42.2 Å². The molecule has 186 valence electrons. The van der Waals surface area contributed by atoms with Gasteiger partial charge in [-0.3, -0.25) is 24.3 Å². The van der Waals surface area contributed by atoms with E-state index in [4.69, 9.17) is 20.0 Å². The topological polar surface area (TPSA) is 143 Å². The second-order valence-corrected chi connectivity index (χ2v) is 9.12. The predicted molar refractivity (Wildman–Crippen MR) is 128 cm³/mol. The third-order valence-electron chi connectivity index (χ3n) is 6.95. The third kappa shape index (κ3) is 4.40. The van der Waals surface area contributed by atoms with E-state index in [0.29, 0.717) is 29.0 Å². The number of hydrogen-bond donors (Lipinski definition) is 1. The van der Waals surface area contributed by atoms with E-state index < -0.39 is 5.91 Å². The van der Waals surface area contributed by atoms with Crippen molar-refractivity contribution in [3.63, 3.8) is 0 Å². The number of carbonyl (C=O) groups is 1. The van der Waals surface area contributed by atoms with E-state index in [2.05, 4.69) is 25.0 Å². The van der Waals surface area contributed by atoms with Gasteiger partial charge in [-0.25, -0.2) is 9.67 Å². The first-order valence-electron chi connectivity index (χ1n) is 12.1. The lowest BCUT2D eigenvalue weighted by molar-refractivity contribution is 0.00507. The number of morpholine rings is 1. The van der Waals surface area contributed by atoms with Gasteiger partial charge in [-0.05, 0) is 25.7 Å². The van der Waals surface area contributed by atoms with E-state index >= 15 is 0 Å². The second-order valence-electron chi connectivity index (χ2n) is 9.12. The maximum atomic E-state index is 11.4. The Morgan fingerprint density at radius 2 is 1.83 bits per heavy atom. The van der Waals surface area contributed by atoms with E-state index in [9.17, 15) is 4.79 Å². The number of nitrogens with zero attached hydrogens (tertiary/aromatic N) is 8. The summed E-state index contributed by atoms with van der Waals surface area (Å²) in [7, 11) is 0. The average molecular weight is 490 g/mol. The van der Waals surface area contributed by atoms with Gasteiger partial charge in [0.2, 0.25) is 5.89 Å². The first-order chi connectivity index (χ1) is 17.7. The predicted octanol–water partition coefficient (Wildman–Crippen LogP) is 2.10. The summed E-state index contributed by atoms with van der Waals surface area (Å²) in [5.74, 6) is -0.378. The highest BCUT2D eigenvalue weighted by atomic mass is 16.5. The molecule has 0 radical (unpaired) electrons. The average Bonchev–Trinajstić information content (AvgIpc) is 3.69. The number of aromatic nitrogens is 7. The van der Waals surface area contributed by atoms with Gasteiger partial charge in [-0.15, -0.1) is 0 Å². The number of oxazole rings is 1. The number of carbonyl (C=O) groups excluding carboxylic acids is 1. The summed E-state index contributed by atoms with van der Waals surface area (Å²) in [6, 6.07) is 0.908. The number of rotatable bonds is 6. The fourth-order valence-electron chi connectivity index (χ4n) is 5.06. The summed E-state index contributed by atoms with van der Waals surface area (Å²) in [6.07, 6.45) is 16.0. The van der Waals surface area contributed by atoms with Crippen LogP contribution in [-0.2, 0) is 4.74 Å². The Balaban J connectivity index is 1.27. The van der Waals surface area contributed by atoms with Gasteiger partial charge in [0.15, 0.2) is 5.69 Å². The lowest BCUT2D eigenvalue weighted by Gasteiger charge is -2.38. The fraction of sp³-hybridized carbons (Fsp3) is 0.417. The van der Waals surface area contributed by atoms with Gasteiger partial charge in [0.1, 0.15) is 23.3 Å². The van der Waals surface area contributed by atoms with Crippen molar-refractivity contribution in [3.05, 3.63) is 49.1 Å². The zero-order valence-corrected chi connectivity index (χ0v) is 19.7. The molecule has 1 saturated carbocycles. The van der Waals surface area contributed by atoms with Crippen molar-refractivity contribution in [3.8, 4) is 28.5 Å². The molecule has 2 aliphatic rings. The van der Waals surface area contributed by atoms with Crippen LogP contribution < -0.4 is 5.73 Å². The highest BCUT2D eigenvalue weighted by Crippen LogP contribution is 2.34.